The van der Waals surface area contributed by atoms with Crippen LogP contribution in [-0.2, 0) is 16.0 Å². The van der Waals surface area contributed by atoms with E-state index in [1.54, 1.807) is 7.11 Å². The van der Waals surface area contributed by atoms with Crippen molar-refractivity contribution in [3.05, 3.63) is 35.9 Å². The van der Waals surface area contributed by atoms with E-state index < -0.39 is 6.10 Å². The number of aliphatic hydroxyl groups excluding tert-OH is 1. The molecule has 1 atom stereocenters. The molecule has 1 N–H and O–H groups in total. The summed E-state index contributed by atoms with van der Waals surface area (Å²) in [7, 11) is 1.72. The number of nitrogens with zero attached hydrogens (tertiary/aromatic N) is 1. The lowest BCUT2D eigenvalue weighted by Gasteiger charge is -2.27. The predicted octanol–water partition coefficient (Wildman–Crippen LogP) is 2.70. The average Bonchev–Trinajstić information content (AvgIpc) is 2.46. The average molecular weight is 309 g/mol. The maximum atomic E-state index is 10.2. The highest BCUT2D eigenvalue weighted by Crippen LogP contribution is 2.10. The summed E-state index contributed by atoms with van der Waals surface area (Å²) in [4.78, 5) is 2.26. The SMILES string of the molecule is COCCCN(Cc1ccccc1)CC(O)COC(C)(C)C. The molecule has 126 valence electrons. The molecule has 0 heterocycles. The van der Waals surface area contributed by atoms with Crippen LogP contribution in [0, 0.1) is 0 Å². The maximum Gasteiger partial charge on any atom is 0.0900 e. The van der Waals surface area contributed by atoms with E-state index in [0.717, 1.165) is 26.1 Å². The molecular weight excluding hydrogens is 278 g/mol. The van der Waals surface area contributed by atoms with Crippen LogP contribution in [0.5, 0.6) is 0 Å². The van der Waals surface area contributed by atoms with E-state index in [-0.39, 0.29) is 5.60 Å². The van der Waals surface area contributed by atoms with E-state index in [0.29, 0.717) is 13.2 Å². The normalized spacial score (nSPS) is 13.5. The third-order valence-electron chi connectivity index (χ3n) is 3.25. The summed E-state index contributed by atoms with van der Waals surface area (Å²) in [5.74, 6) is 0. The van der Waals surface area contributed by atoms with Gasteiger partial charge in [0.05, 0.1) is 18.3 Å². The summed E-state index contributed by atoms with van der Waals surface area (Å²) >= 11 is 0. The lowest BCUT2D eigenvalue weighted by atomic mass is 10.2. The molecule has 0 spiro atoms. The number of hydrogen-bond donors (Lipinski definition) is 1. The molecule has 1 rings (SSSR count). The molecule has 4 heteroatoms. The van der Waals surface area contributed by atoms with Crippen molar-refractivity contribution in [2.24, 2.45) is 0 Å². The van der Waals surface area contributed by atoms with E-state index in [4.69, 9.17) is 9.47 Å². The van der Waals surface area contributed by atoms with Crippen LogP contribution in [-0.4, -0.2) is 55.1 Å². The number of ether oxygens (including phenoxy) is 2. The Labute approximate surface area is 135 Å². The van der Waals surface area contributed by atoms with Gasteiger partial charge in [-0.05, 0) is 32.8 Å². The molecule has 0 aromatic heterocycles. The molecular formula is C18H31NO3. The quantitative estimate of drug-likeness (QED) is 0.675. The standard InChI is InChI=1S/C18H31NO3/c1-18(2,3)22-15-17(20)14-19(11-8-12-21-4)13-16-9-6-5-7-10-16/h5-7,9-10,17,20H,8,11-15H2,1-4H3. The zero-order valence-electron chi connectivity index (χ0n) is 14.4. The fourth-order valence-electron chi connectivity index (χ4n) is 2.21. The molecule has 1 aromatic rings. The molecule has 0 bridgehead atoms. The Balaban J connectivity index is 2.49. The zero-order chi connectivity index (χ0) is 16.4. The summed E-state index contributed by atoms with van der Waals surface area (Å²) in [6.07, 6.45) is 0.474. The number of hydrogen-bond acceptors (Lipinski definition) is 4. The van der Waals surface area contributed by atoms with Crippen molar-refractivity contribution in [1.29, 1.82) is 0 Å². The summed E-state index contributed by atoms with van der Waals surface area (Å²) in [5.41, 5.74) is 1.03. The van der Waals surface area contributed by atoms with Crippen LogP contribution >= 0.6 is 0 Å². The van der Waals surface area contributed by atoms with Crippen LogP contribution in [0.4, 0.5) is 0 Å². The van der Waals surface area contributed by atoms with Crippen molar-refractivity contribution in [2.45, 2.75) is 45.4 Å². The second kappa shape index (κ2) is 9.95. The van der Waals surface area contributed by atoms with Gasteiger partial charge in [0, 0.05) is 33.4 Å². The van der Waals surface area contributed by atoms with E-state index in [1.165, 1.54) is 5.56 Å². The van der Waals surface area contributed by atoms with E-state index in [2.05, 4.69) is 17.0 Å². The molecule has 0 radical (unpaired) electrons. The van der Waals surface area contributed by atoms with Gasteiger partial charge >= 0.3 is 0 Å². The first-order valence-electron chi connectivity index (χ1n) is 7.98. The minimum absolute atomic E-state index is 0.221. The third kappa shape index (κ3) is 9.15. The molecule has 0 saturated heterocycles. The summed E-state index contributed by atoms with van der Waals surface area (Å²) in [6.45, 7) is 9.43. The smallest absolute Gasteiger partial charge is 0.0900 e. The maximum absolute atomic E-state index is 10.2. The van der Waals surface area contributed by atoms with Crippen molar-refractivity contribution in [3.8, 4) is 0 Å². The van der Waals surface area contributed by atoms with Crippen LogP contribution in [0.3, 0.4) is 0 Å². The fraction of sp³-hybridized carbons (Fsp3) is 0.667. The first-order chi connectivity index (χ1) is 10.4. The molecule has 4 nitrogen and oxygen atoms in total. The topological polar surface area (TPSA) is 41.9 Å². The van der Waals surface area contributed by atoms with Crippen molar-refractivity contribution in [3.63, 3.8) is 0 Å². The first-order valence-corrected chi connectivity index (χ1v) is 7.98. The second-order valence-corrected chi connectivity index (χ2v) is 6.64. The summed E-state index contributed by atoms with van der Waals surface area (Å²) < 4.78 is 10.8. The molecule has 0 saturated carbocycles. The Kier molecular flexibility index (Phi) is 8.64. The van der Waals surface area contributed by atoms with Gasteiger partial charge in [-0.3, -0.25) is 4.90 Å². The minimum Gasteiger partial charge on any atom is -0.389 e. The summed E-state index contributed by atoms with van der Waals surface area (Å²) in [5, 5.41) is 10.2. The number of aliphatic hydroxyl groups is 1. The Morgan fingerprint density at radius 1 is 1.18 bits per heavy atom. The molecule has 0 aliphatic carbocycles. The highest BCUT2D eigenvalue weighted by molar-refractivity contribution is 5.14. The van der Waals surface area contributed by atoms with E-state index in [9.17, 15) is 5.11 Å². The molecule has 1 aromatic carbocycles. The molecule has 22 heavy (non-hydrogen) atoms. The molecule has 1 unspecified atom stereocenters. The van der Waals surface area contributed by atoms with Gasteiger partial charge in [0.2, 0.25) is 0 Å². The highest BCUT2D eigenvalue weighted by atomic mass is 16.5. The van der Waals surface area contributed by atoms with Gasteiger partial charge in [-0.15, -0.1) is 0 Å². The van der Waals surface area contributed by atoms with E-state index in [1.807, 2.05) is 39.0 Å². The van der Waals surface area contributed by atoms with E-state index >= 15 is 0 Å². The van der Waals surface area contributed by atoms with Crippen LogP contribution in [0.25, 0.3) is 0 Å². The lowest BCUT2D eigenvalue weighted by Crippen LogP contribution is -2.37. The Morgan fingerprint density at radius 2 is 1.86 bits per heavy atom. The number of rotatable bonds is 10. The predicted molar refractivity (Wildman–Crippen MR) is 89.9 cm³/mol. The molecule has 0 fully saturated rings. The van der Waals surface area contributed by atoms with Crippen molar-refractivity contribution in [1.82, 2.24) is 4.90 Å². The Hall–Kier alpha value is -0.940. The molecule has 0 aliphatic heterocycles. The second-order valence-electron chi connectivity index (χ2n) is 6.64. The highest BCUT2D eigenvalue weighted by Gasteiger charge is 2.16. The van der Waals surface area contributed by atoms with Crippen LogP contribution in [0.1, 0.15) is 32.8 Å². The minimum atomic E-state index is -0.481. The molecule has 0 amide bonds. The fourth-order valence-corrected chi connectivity index (χ4v) is 2.21. The van der Waals surface area contributed by atoms with Crippen molar-refractivity contribution in [2.75, 3.05) is 33.4 Å². The Morgan fingerprint density at radius 3 is 2.45 bits per heavy atom. The van der Waals surface area contributed by atoms with Gasteiger partial charge in [-0.1, -0.05) is 30.3 Å². The Bertz CT molecular complexity index is 389. The lowest BCUT2D eigenvalue weighted by molar-refractivity contribution is -0.0569. The van der Waals surface area contributed by atoms with Crippen molar-refractivity contribution >= 4 is 0 Å². The zero-order valence-corrected chi connectivity index (χ0v) is 14.4. The largest absolute Gasteiger partial charge is 0.389 e. The van der Waals surface area contributed by atoms with Gasteiger partial charge in [0.1, 0.15) is 0 Å². The van der Waals surface area contributed by atoms with Gasteiger partial charge < -0.3 is 14.6 Å². The van der Waals surface area contributed by atoms with Gasteiger partial charge in [-0.25, -0.2) is 0 Å². The van der Waals surface area contributed by atoms with Crippen LogP contribution < -0.4 is 0 Å². The third-order valence-corrected chi connectivity index (χ3v) is 3.25. The van der Waals surface area contributed by atoms with Gasteiger partial charge in [0.15, 0.2) is 0 Å². The van der Waals surface area contributed by atoms with Gasteiger partial charge in [0.25, 0.3) is 0 Å². The van der Waals surface area contributed by atoms with Crippen LogP contribution in [0.15, 0.2) is 30.3 Å². The number of methoxy groups -OCH3 is 1. The number of benzene rings is 1. The molecule has 0 aliphatic rings. The first kappa shape index (κ1) is 19.1. The monoisotopic (exact) mass is 309 g/mol. The van der Waals surface area contributed by atoms with Gasteiger partial charge in [-0.2, -0.15) is 0 Å². The van der Waals surface area contributed by atoms with Crippen molar-refractivity contribution < 1.29 is 14.6 Å². The summed E-state index contributed by atoms with van der Waals surface area (Å²) in [6, 6.07) is 10.3. The van der Waals surface area contributed by atoms with Crippen LogP contribution in [0.2, 0.25) is 0 Å².